The summed E-state index contributed by atoms with van der Waals surface area (Å²) in [7, 11) is 2.00. The minimum atomic E-state index is -0.868. The molecule has 0 amide bonds. The Morgan fingerprint density at radius 2 is 2.00 bits per heavy atom. The molecule has 0 radical (unpaired) electrons. The maximum atomic E-state index is 11.1. The van der Waals surface area contributed by atoms with Crippen LogP contribution in [0, 0.1) is 17.4 Å². The molecule has 0 fully saturated rings. The Morgan fingerprint density at radius 3 is 2.56 bits per heavy atom. The lowest BCUT2D eigenvalue weighted by molar-refractivity contribution is 0.0696. The van der Waals surface area contributed by atoms with Gasteiger partial charge in [-0.05, 0) is 54.1 Å². The summed E-state index contributed by atoms with van der Waals surface area (Å²) in [5.74, 6) is -0.868. The summed E-state index contributed by atoms with van der Waals surface area (Å²) in [6, 6.07) is 3.55. The van der Waals surface area contributed by atoms with Crippen molar-refractivity contribution in [1.82, 2.24) is 4.57 Å². The molecule has 0 atom stereocenters. The molecular formula is C12H12INO2. The highest BCUT2D eigenvalue weighted by Crippen LogP contribution is 2.30. The molecular weight excluding hydrogens is 317 g/mol. The fraction of sp³-hybridized carbons (Fsp3) is 0.250. The van der Waals surface area contributed by atoms with Crippen LogP contribution in [0.15, 0.2) is 12.1 Å². The van der Waals surface area contributed by atoms with Gasteiger partial charge in [0, 0.05) is 27.2 Å². The number of hydrogen-bond donors (Lipinski definition) is 1. The van der Waals surface area contributed by atoms with E-state index in [1.54, 1.807) is 6.07 Å². The van der Waals surface area contributed by atoms with Crippen molar-refractivity contribution in [3.8, 4) is 0 Å². The van der Waals surface area contributed by atoms with Gasteiger partial charge in [-0.2, -0.15) is 0 Å². The third-order valence-electron chi connectivity index (χ3n) is 3.13. The molecule has 0 aliphatic heterocycles. The van der Waals surface area contributed by atoms with Gasteiger partial charge in [0.1, 0.15) is 0 Å². The van der Waals surface area contributed by atoms with Gasteiger partial charge in [-0.1, -0.05) is 0 Å². The van der Waals surface area contributed by atoms with E-state index in [2.05, 4.69) is 27.2 Å². The predicted octanol–water partition coefficient (Wildman–Crippen LogP) is 3.10. The maximum absolute atomic E-state index is 11.1. The summed E-state index contributed by atoms with van der Waals surface area (Å²) >= 11 is 2.12. The molecule has 0 unspecified atom stereocenters. The molecule has 0 saturated carbocycles. The summed E-state index contributed by atoms with van der Waals surface area (Å²) in [6.45, 7) is 4.08. The average Bonchev–Trinajstić information content (AvgIpc) is 2.44. The lowest BCUT2D eigenvalue weighted by atomic mass is 10.1. The van der Waals surface area contributed by atoms with E-state index in [0.29, 0.717) is 5.56 Å². The highest BCUT2D eigenvalue weighted by atomic mass is 127. The van der Waals surface area contributed by atoms with E-state index in [4.69, 9.17) is 5.11 Å². The summed E-state index contributed by atoms with van der Waals surface area (Å²) in [5.41, 5.74) is 3.80. The first-order chi connectivity index (χ1) is 7.45. The molecule has 0 aliphatic carbocycles. The molecule has 0 aliphatic rings. The van der Waals surface area contributed by atoms with E-state index in [1.807, 2.05) is 27.0 Å². The van der Waals surface area contributed by atoms with Gasteiger partial charge in [0.25, 0.3) is 0 Å². The van der Waals surface area contributed by atoms with Crippen LogP contribution in [0.4, 0.5) is 0 Å². The van der Waals surface area contributed by atoms with Crippen LogP contribution < -0.4 is 0 Å². The molecule has 0 saturated heterocycles. The number of carboxylic acid groups (broad SMARTS) is 1. The highest BCUT2D eigenvalue weighted by molar-refractivity contribution is 14.1. The molecule has 1 heterocycles. The van der Waals surface area contributed by atoms with Crippen molar-refractivity contribution in [2.45, 2.75) is 13.8 Å². The number of halogens is 1. The van der Waals surface area contributed by atoms with Crippen LogP contribution in [0.2, 0.25) is 0 Å². The van der Waals surface area contributed by atoms with Gasteiger partial charge in [-0.25, -0.2) is 4.79 Å². The third kappa shape index (κ3) is 1.43. The van der Waals surface area contributed by atoms with Crippen LogP contribution >= 0.6 is 22.6 Å². The Kier molecular flexibility index (Phi) is 2.69. The van der Waals surface area contributed by atoms with E-state index in [0.717, 1.165) is 20.0 Å². The van der Waals surface area contributed by atoms with Crippen LogP contribution in [0.5, 0.6) is 0 Å². The van der Waals surface area contributed by atoms with E-state index in [9.17, 15) is 4.79 Å². The summed E-state index contributed by atoms with van der Waals surface area (Å²) in [6.07, 6.45) is 0. The normalized spacial score (nSPS) is 11.0. The number of hydrogen-bond acceptors (Lipinski definition) is 1. The second-order valence-electron chi connectivity index (χ2n) is 3.90. The molecule has 16 heavy (non-hydrogen) atoms. The average molecular weight is 329 g/mol. The predicted molar refractivity (Wildman–Crippen MR) is 72.1 cm³/mol. The summed E-state index contributed by atoms with van der Waals surface area (Å²) in [5, 5.41) is 10.1. The lowest BCUT2D eigenvalue weighted by Gasteiger charge is -2.02. The van der Waals surface area contributed by atoms with Gasteiger partial charge >= 0.3 is 5.97 Å². The Bertz CT molecular complexity index is 599. The number of carbonyl (C=O) groups is 1. The number of aromatic nitrogens is 1. The van der Waals surface area contributed by atoms with E-state index in [1.165, 1.54) is 5.69 Å². The number of rotatable bonds is 1. The van der Waals surface area contributed by atoms with Crippen LogP contribution in [0.3, 0.4) is 0 Å². The molecule has 1 aromatic heterocycles. The van der Waals surface area contributed by atoms with Gasteiger partial charge in [-0.15, -0.1) is 0 Å². The van der Waals surface area contributed by atoms with Crippen LogP contribution in [0.1, 0.15) is 21.6 Å². The number of fused-ring (bicyclic) bond motifs is 1. The van der Waals surface area contributed by atoms with Crippen LogP contribution in [-0.2, 0) is 7.05 Å². The Morgan fingerprint density at radius 1 is 1.38 bits per heavy atom. The van der Waals surface area contributed by atoms with Crippen molar-refractivity contribution in [3.63, 3.8) is 0 Å². The first-order valence-electron chi connectivity index (χ1n) is 4.92. The molecule has 2 aromatic rings. The number of nitrogens with zero attached hydrogens (tertiary/aromatic N) is 1. The number of carboxylic acids is 1. The Hall–Kier alpha value is -1.04. The maximum Gasteiger partial charge on any atom is 0.336 e. The largest absolute Gasteiger partial charge is 0.478 e. The minimum Gasteiger partial charge on any atom is -0.478 e. The van der Waals surface area contributed by atoms with Crippen molar-refractivity contribution in [2.24, 2.45) is 7.05 Å². The first-order valence-corrected chi connectivity index (χ1v) is 6.00. The third-order valence-corrected chi connectivity index (χ3v) is 4.25. The fourth-order valence-corrected chi connectivity index (χ4v) is 3.07. The van der Waals surface area contributed by atoms with Crippen molar-refractivity contribution >= 4 is 39.5 Å². The van der Waals surface area contributed by atoms with Crippen LogP contribution in [-0.4, -0.2) is 15.6 Å². The molecule has 84 valence electrons. The number of aryl methyl sites for hydroxylation is 2. The summed E-state index contributed by atoms with van der Waals surface area (Å²) < 4.78 is 2.92. The second kappa shape index (κ2) is 3.76. The zero-order valence-corrected chi connectivity index (χ0v) is 11.5. The minimum absolute atomic E-state index is 0.377. The number of aromatic carboxylic acids is 1. The van der Waals surface area contributed by atoms with Crippen molar-refractivity contribution in [3.05, 3.63) is 32.5 Å². The monoisotopic (exact) mass is 329 g/mol. The van der Waals surface area contributed by atoms with Gasteiger partial charge in [-0.3, -0.25) is 0 Å². The molecule has 0 spiro atoms. The zero-order valence-electron chi connectivity index (χ0n) is 9.34. The molecule has 1 N–H and O–H groups in total. The quantitative estimate of drug-likeness (QED) is 0.817. The smallest absolute Gasteiger partial charge is 0.336 e. The van der Waals surface area contributed by atoms with Gasteiger partial charge in [0.15, 0.2) is 0 Å². The molecule has 0 bridgehead atoms. The first kappa shape index (κ1) is 11.4. The van der Waals surface area contributed by atoms with E-state index >= 15 is 0 Å². The molecule has 3 nitrogen and oxygen atoms in total. The van der Waals surface area contributed by atoms with Crippen LogP contribution in [0.25, 0.3) is 10.9 Å². The van der Waals surface area contributed by atoms with Crippen molar-refractivity contribution in [2.75, 3.05) is 0 Å². The Balaban J connectivity index is 2.95. The topological polar surface area (TPSA) is 42.2 Å². The van der Waals surface area contributed by atoms with Crippen molar-refractivity contribution < 1.29 is 9.90 Å². The SMILES string of the molecule is Cc1c(C)n(C)c2ccc(C(=O)O)c(I)c12. The lowest BCUT2D eigenvalue weighted by Crippen LogP contribution is -2.00. The summed E-state index contributed by atoms with van der Waals surface area (Å²) in [4.78, 5) is 11.1. The molecule has 2 rings (SSSR count). The highest BCUT2D eigenvalue weighted by Gasteiger charge is 2.16. The van der Waals surface area contributed by atoms with Gasteiger partial charge in [0.05, 0.1) is 5.56 Å². The molecule has 1 aromatic carbocycles. The second-order valence-corrected chi connectivity index (χ2v) is 4.97. The fourth-order valence-electron chi connectivity index (χ4n) is 1.98. The van der Waals surface area contributed by atoms with Gasteiger partial charge < -0.3 is 9.67 Å². The standard InChI is InChI=1S/C12H12INO2/c1-6-7(2)14(3)9-5-4-8(12(15)16)11(13)10(6)9/h4-5H,1-3H3,(H,15,16). The Labute approximate surface area is 107 Å². The van der Waals surface area contributed by atoms with E-state index in [-0.39, 0.29) is 0 Å². The molecule has 4 heteroatoms. The van der Waals surface area contributed by atoms with E-state index < -0.39 is 5.97 Å². The number of benzene rings is 1. The van der Waals surface area contributed by atoms with Gasteiger partial charge in [0.2, 0.25) is 0 Å². The zero-order chi connectivity index (χ0) is 12.0. The van der Waals surface area contributed by atoms with Crippen molar-refractivity contribution in [1.29, 1.82) is 0 Å².